The van der Waals surface area contributed by atoms with Crippen molar-refractivity contribution in [1.82, 2.24) is 15.5 Å². The van der Waals surface area contributed by atoms with E-state index in [1.807, 2.05) is 30.3 Å². The second kappa shape index (κ2) is 8.35. The lowest BCUT2D eigenvalue weighted by Gasteiger charge is -2.11. The van der Waals surface area contributed by atoms with Crippen LogP contribution in [0, 0.1) is 5.82 Å². The van der Waals surface area contributed by atoms with Gasteiger partial charge in [-0.3, -0.25) is 4.79 Å². The number of nitrogens with zero attached hydrogens (tertiary/aromatic N) is 2. The third-order valence-corrected chi connectivity index (χ3v) is 3.80. The van der Waals surface area contributed by atoms with E-state index in [4.69, 9.17) is 4.52 Å². The summed E-state index contributed by atoms with van der Waals surface area (Å²) < 4.78 is 18.7. The molecule has 3 rings (SSSR count). The van der Waals surface area contributed by atoms with E-state index in [0.29, 0.717) is 24.6 Å². The standard InChI is InChI=1S/C19H18FN3O3/c20-15-9-5-4-8-14(15)18(24)19(25)21-11-10-17-22-16(23-26-17)12-13-6-2-1-3-7-13/h1-9,18,24H,10-12H2,(H,21,25). The van der Waals surface area contributed by atoms with Gasteiger partial charge in [0, 0.05) is 24.9 Å². The Morgan fingerprint density at radius 1 is 1.15 bits per heavy atom. The number of hydrogen-bond acceptors (Lipinski definition) is 5. The summed E-state index contributed by atoms with van der Waals surface area (Å²) >= 11 is 0. The molecule has 0 spiro atoms. The number of amides is 1. The first-order valence-electron chi connectivity index (χ1n) is 8.19. The minimum Gasteiger partial charge on any atom is -0.378 e. The molecule has 0 aliphatic carbocycles. The molecule has 0 saturated heterocycles. The van der Waals surface area contributed by atoms with Crippen LogP contribution in [0.2, 0.25) is 0 Å². The molecule has 6 nitrogen and oxygen atoms in total. The average molecular weight is 355 g/mol. The molecule has 7 heteroatoms. The Labute approximate surface area is 149 Å². The van der Waals surface area contributed by atoms with E-state index in [1.54, 1.807) is 6.07 Å². The summed E-state index contributed by atoms with van der Waals surface area (Å²) in [5, 5.41) is 16.4. The van der Waals surface area contributed by atoms with E-state index in [2.05, 4.69) is 15.5 Å². The third-order valence-electron chi connectivity index (χ3n) is 3.80. The lowest BCUT2D eigenvalue weighted by molar-refractivity contribution is -0.129. The van der Waals surface area contributed by atoms with Crippen molar-refractivity contribution in [3.8, 4) is 0 Å². The van der Waals surface area contributed by atoms with Crippen molar-refractivity contribution in [2.24, 2.45) is 0 Å². The summed E-state index contributed by atoms with van der Waals surface area (Å²) in [7, 11) is 0. The van der Waals surface area contributed by atoms with Crippen LogP contribution in [0.5, 0.6) is 0 Å². The molecule has 0 radical (unpaired) electrons. The highest BCUT2D eigenvalue weighted by molar-refractivity contribution is 5.81. The van der Waals surface area contributed by atoms with Gasteiger partial charge in [0.1, 0.15) is 5.82 Å². The predicted octanol–water partition coefficient (Wildman–Crippen LogP) is 2.19. The largest absolute Gasteiger partial charge is 0.378 e. The molecule has 2 aromatic carbocycles. The summed E-state index contributed by atoms with van der Waals surface area (Å²) in [5.41, 5.74) is 1.01. The zero-order valence-electron chi connectivity index (χ0n) is 13.9. The Morgan fingerprint density at radius 2 is 1.88 bits per heavy atom. The molecule has 1 aromatic heterocycles. The molecule has 3 aromatic rings. The van der Waals surface area contributed by atoms with Crippen LogP contribution in [-0.2, 0) is 17.6 Å². The predicted molar refractivity (Wildman–Crippen MR) is 91.6 cm³/mol. The fourth-order valence-corrected chi connectivity index (χ4v) is 2.47. The smallest absolute Gasteiger partial charge is 0.253 e. The number of benzene rings is 2. The molecule has 1 atom stereocenters. The summed E-state index contributed by atoms with van der Waals surface area (Å²) in [5.74, 6) is -0.364. The van der Waals surface area contributed by atoms with Crippen molar-refractivity contribution < 1.29 is 18.8 Å². The van der Waals surface area contributed by atoms with Crippen LogP contribution in [0.1, 0.15) is 28.9 Å². The van der Waals surface area contributed by atoms with E-state index in [9.17, 15) is 14.3 Å². The average Bonchev–Trinajstić information content (AvgIpc) is 3.09. The quantitative estimate of drug-likeness (QED) is 0.678. The minimum absolute atomic E-state index is 0.0621. The molecular formula is C19H18FN3O3. The van der Waals surface area contributed by atoms with Crippen LogP contribution < -0.4 is 5.32 Å². The minimum atomic E-state index is -1.56. The molecule has 2 N–H and O–H groups in total. The maximum atomic E-state index is 13.6. The molecule has 0 saturated carbocycles. The number of aliphatic hydroxyl groups excluding tert-OH is 1. The van der Waals surface area contributed by atoms with Crippen molar-refractivity contribution in [2.75, 3.05) is 6.54 Å². The molecule has 134 valence electrons. The Kier molecular flexibility index (Phi) is 5.70. The first-order chi connectivity index (χ1) is 12.6. The van der Waals surface area contributed by atoms with Gasteiger partial charge in [-0.1, -0.05) is 53.7 Å². The van der Waals surface area contributed by atoms with Crippen molar-refractivity contribution in [3.63, 3.8) is 0 Å². The number of aromatic nitrogens is 2. The van der Waals surface area contributed by atoms with Crippen LogP contribution in [-0.4, -0.2) is 27.7 Å². The lowest BCUT2D eigenvalue weighted by Crippen LogP contribution is -2.31. The topological polar surface area (TPSA) is 88.3 Å². The fourth-order valence-electron chi connectivity index (χ4n) is 2.47. The Morgan fingerprint density at radius 3 is 2.65 bits per heavy atom. The summed E-state index contributed by atoms with van der Waals surface area (Å²) in [4.78, 5) is 16.2. The molecule has 0 bridgehead atoms. The number of aliphatic hydroxyl groups is 1. The van der Waals surface area contributed by atoms with Gasteiger partial charge >= 0.3 is 0 Å². The second-order valence-corrected chi connectivity index (χ2v) is 5.73. The first-order valence-corrected chi connectivity index (χ1v) is 8.19. The number of nitrogens with one attached hydrogen (secondary N) is 1. The Bertz CT molecular complexity index is 867. The number of rotatable bonds is 7. The van der Waals surface area contributed by atoms with Crippen LogP contribution in [0.15, 0.2) is 59.1 Å². The number of hydrogen-bond donors (Lipinski definition) is 2. The maximum absolute atomic E-state index is 13.6. The van der Waals surface area contributed by atoms with Gasteiger partial charge in [-0.05, 0) is 11.6 Å². The zero-order valence-corrected chi connectivity index (χ0v) is 13.9. The Balaban J connectivity index is 1.49. The number of carbonyl (C=O) groups excluding carboxylic acids is 1. The van der Waals surface area contributed by atoms with Gasteiger partial charge < -0.3 is 14.9 Å². The van der Waals surface area contributed by atoms with Crippen molar-refractivity contribution >= 4 is 5.91 Å². The normalized spacial score (nSPS) is 11.9. The number of halogens is 1. The molecule has 1 heterocycles. The highest BCUT2D eigenvalue weighted by Crippen LogP contribution is 2.16. The summed E-state index contributed by atoms with van der Waals surface area (Å²) in [6, 6.07) is 15.4. The maximum Gasteiger partial charge on any atom is 0.253 e. The molecular weight excluding hydrogens is 337 g/mol. The van der Waals surface area contributed by atoms with Gasteiger partial charge in [-0.25, -0.2) is 4.39 Å². The van der Waals surface area contributed by atoms with E-state index in [1.165, 1.54) is 18.2 Å². The van der Waals surface area contributed by atoms with E-state index in [-0.39, 0.29) is 12.1 Å². The van der Waals surface area contributed by atoms with Crippen molar-refractivity contribution in [3.05, 3.63) is 83.3 Å². The van der Waals surface area contributed by atoms with E-state index < -0.39 is 17.8 Å². The zero-order chi connectivity index (χ0) is 18.4. The third kappa shape index (κ3) is 4.52. The first kappa shape index (κ1) is 17.8. The van der Waals surface area contributed by atoms with Crippen LogP contribution in [0.4, 0.5) is 4.39 Å². The highest BCUT2D eigenvalue weighted by Gasteiger charge is 2.20. The van der Waals surface area contributed by atoms with Crippen molar-refractivity contribution in [1.29, 1.82) is 0 Å². The van der Waals surface area contributed by atoms with Gasteiger partial charge in [0.05, 0.1) is 0 Å². The van der Waals surface area contributed by atoms with Crippen LogP contribution in [0.25, 0.3) is 0 Å². The second-order valence-electron chi connectivity index (χ2n) is 5.73. The highest BCUT2D eigenvalue weighted by atomic mass is 19.1. The monoisotopic (exact) mass is 355 g/mol. The van der Waals surface area contributed by atoms with Gasteiger partial charge in [0.2, 0.25) is 5.89 Å². The molecule has 1 amide bonds. The van der Waals surface area contributed by atoms with Crippen molar-refractivity contribution in [2.45, 2.75) is 18.9 Å². The van der Waals surface area contributed by atoms with E-state index >= 15 is 0 Å². The Hall–Kier alpha value is -3.06. The molecule has 0 fully saturated rings. The molecule has 26 heavy (non-hydrogen) atoms. The van der Waals surface area contributed by atoms with Gasteiger partial charge in [0.15, 0.2) is 11.9 Å². The summed E-state index contributed by atoms with van der Waals surface area (Å²) in [6.07, 6.45) is -0.687. The van der Waals surface area contributed by atoms with Gasteiger partial charge in [-0.15, -0.1) is 0 Å². The molecule has 1 unspecified atom stereocenters. The van der Waals surface area contributed by atoms with Gasteiger partial charge in [0.25, 0.3) is 5.91 Å². The molecule has 0 aliphatic heterocycles. The molecule has 0 aliphatic rings. The van der Waals surface area contributed by atoms with Gasteiger partial charge in [-0.2, -0.15) is 4.98 Å². The summed E-state index contributed by atoms with van der Waals surface area (Å²) in [6.45, 7) is 0.192. The van der Waals surface area contributed by atoms with Crippen LogP contribution in [0.3, 0.4) is 0 Å². The lowest BCUT2D eigenvalue weighted by atomic mass is 10.1. The number of carbonyl (C=O) groups is 1. The van der Waals surface area contributed by atoms with Crippen LogP contribution >= 0.6 is 0 Å². The fraction of sp³-hybridized carbons (Fsp3) is 0.211. The van der Waals surface area contributed by atoms with E-state index in [0.717, 1.165) is 5.56 Å². The SMILES string of the molecule is O=C(NCCc1nc(Cc2ccccc2)no1)C(O)c1ccccc1F.